The molecule has 2 heteroatoms. The molecule has 0 amide bonds. The summed E-state index contributed by atoms with van der Waals surface area (Å²) in [6.07, 6.45) is 9.12. The number of nitrogens with zero attached hydrogens (tertiary/aromatic N) is 1. The van der Waals surface area contributed by atoms with Gasteiger partial charge in [-0.2, -0.15) is 5.26 Å². The van der Waals surface area contributed by atoms with E-state index in [1.807, 2.05) is 0 Å². The van der Waals surface area contributed by atoms with Crippen molar-refractivity contribution < 1.29 is 0 Å². The Labute approximate surface area is 80.3 Å². The first kappa shape index (κ1) is 9.02. The van der Waals surface area contributed by atoms with Crippen LogP contribution in [-0.4, -0.2) is 12.1 Å². The minimum absolute atomic E-state index is 0.146. The lowest BCUT2D eigenvalue weighted by atomic mass is 9.84. The summed E-state index contributed by atoms with van der Waals surface area (Å²) >= 11 is 0. The predicted molar refractivity (Wildman–Crippen MR) is 52.1 cm³/mol. The number of nitriles is 1. The Bertz CT molecular complexity index is 197. The summed E-state index contributed by atoms with van der Waals surface area (Å²) in [6, 6.07) is 3.25. The second-order valence-electron chi connectivity index (χ2n) is 4.45. The fourth-order valence-electron chi connectivity index (χ4n) is 2.25. The van der Waals surface area contributed by atoms with Gasteiger partial charge in [0, 0.05) is 6.04 Å². The number of nitrogens with one attached hydrogen (secondary N) is 1. The molecule has 1 unspecified atom stereocenters. The van der Waals surface area contributed by atoms with Crippen molar-refractivity contribution in [2.24, 2.45) is 5.92 Å². The van der Waals surface area contributed by atoms with Gasteiger partial charge in [0.1, 0.15) is 0 Å². The monoisotopic (exact) mass is 178 g/mol. The van der Waals surface area contributed by atoms with Crippen LogP contribution in [0.25, 0.3) is 0 Å². The van der Waals surface area contributed by atoms with Crippen molar-refractivity contribution in [1.82, 2.24) is 5.32 Å². The molecule has 0 aromatic rings. The van der Waals surface area contributed by atoms with E-state index in [0.29, 0.717) is 12.0 Å². The zero-order valence-corrected chi connectivity index (χ0v) is 8.13. The molecule has 2 aliphatic rings. The quantitative estimate of drug-likeness (QED) is 0.719. The molecule has 2 nitrogen and oxygen atoms in total. The lowest BCUT2D eigenvalue weighted by Crippen LogP contribution is -2.37. The molecule has 0 bridgehead atoms. The van der Waals surface area contributed by atoms with Crippen LogP contribution in [0.4, 0.5) is 0 Å². The van der Waals surface area contributed by atoms with Crippen LogP contribution in [0.3, 0.4) is 0 Å². The van der Waals surface area contributed by atoms with Crippen LogP contribution in [0, 0.1) is 17.2 Å². The molecule has 0 aromatic heterocycles. The van der Waals surface area contributed by atoms with Crippen LogP contribution in [0.5, 0.6) is 0 Å². The molecule has 2 rings (SSSR count). The minimum Gasteiger partial charge on any atom is -0.299 e. The van der Waals surface area contributed by atoms with Crippen molar-refractivity contribution in [1.29, 1.82) is 5.26 Å². The molecule has 0 aromatic carbocycles. The highest BCUT2D eigenvalue weighted by atomic mass is 15.0. The Kier molecular flexibility index (Phi) is 2.85. The summed E-state index contributed by atoms with van der Waals surface area (Å²) in [6.45, 7) is 0. The average molecular weight is 178 g/mol. The van der Waals surface area contributed by atoms with E-state index in [9.17, 15) is 0 Å². The Morgan fingerprint density at radius 3 is 2.31 bits per heavy atom. The van der Waals surface area contributed by atoms with Crippen LogP contribution in [0.1, 0.15) is 44.9 Å². The Hall–Kier alpha value is -0.550. The van der Waals surface area contributed by atoms with Crippen LogP contribution in [0.15, 0.2) is 0 Å². The third-order valence-electron chi connectivity index (χ3n) is 3.25. The molecule has 0 radical (unpaired) electrons. The molecule has 2 saturated carbocycles. The molecular weight excluding hydrogens is 160 g/mol. The predicted octanol–water partition coefficient (Wildman–Crippen LogP) is 2.21. The van der Waals surface area contributed by atoms with Crippen LogP contribution >= 0.6 is 0 Å². The highest BCUT2D eigenvalue weighted by molar-refractivity contribution is 4.99. The number of rotatable bonds is 3. The van der Waals surface area contributed by atoms with Gasteiger partial charge in [-0.1, -0.05) is 19.3 Å². The van der Waals surface area contributed by atoms with Crippen molar-refractivity contribution in [3.63, 3.8) is 0 Å². The highest BCUT2D eigenvalue weighted by Gasteiger charge is 2.29. The number of hydrogen-bond acceptors (Lipinski definition) is 2. The van der Waals surface area contributed by atoms with E-state index in [2.05, 4.69) is 11.4 Å². The summed E-state index contributed by atoms with van der Waals surface area (Å²) in [4.78, 5) is 0. The number of hydrogen-bond donors (Lipinski definition) is 1. The maximum atomic E-state index is 9.04. The highest BCUT2D eigenvalue weighted by Crippen LogP contribution is 2.28. The third kappa shape index (κ3) is 2.45. The molecule has 1 atom stereocenters. The van der Waals surface area contributed by atoms with Crippen LogP contribution < -0.4 is 5.32 Å². The smallest absolute Gasteiger partial charge is 0.0983 e. The maximum Gasteiger partial charge on any atom is 0.0983 e. The van der Waals surface area contributed by atoms with Crippen molar-refractivity contribution in [2.75, 3.05) is 0 Å². The van der Waals surface area contributed by atoms with E-state index in [1.165, 1.54) is 44.9 Å². The first-order chi connectivity index (χ1) is 6.40. The largest absolute Gasteiger partial charge is 0.299 e. The molecule has 1 N–H and O–H groups in total. The van der Waals surface area contributed by atoms with Gasteiger partial charge < -0.3 is 0 Å². The Morgan fingerprint density at radius 2 is 1.77 bits per heavy atom. The van der Waals surface area contributed by atoms with E-state index >= 15 is 0 Å². The van der Waals surface area contributed by atoms with Crippen molar-refractivity contribution in [2.45, 2.75) is 57.0 Å². The maximum absolute atomic E-state index is 9.04. The van der Waals surface area contributed by atoms with Gasteiger partial charge in [-0.3, -0.25) is 5.32 Å². The fraction of sp³-hybridized carbons (Fsp3) is 0.909. The molecular formula is C11H18N2. The lowest BCUT2D eigenvalue weighted by molar-refractivity contribution is 0.303. The van der Waals surface area contributed by atoms with E-state index in [1.54, 1.807) is 0 Å². The Balaban J connectivity index is 1.82. The summed E-state index contributed by atoms with van der Waals surface area (Å²) < 4.78 is 0. The molecule has 0 saturated heterocycles. The van der Waals surface area contributed by atoms with Crippen molar-refractivity contribution >= 4 is 0 Å². The molecule has 0 heterocycles. The molecule has 72 valence electrons. The first-order valence-electron chi connectivity index (χ1n) is 5.56. The van der Waals surface area contributed by atoms with Crippen LogP contribution in [-0.2, 0) is 0 Å². The molecule has 13 heavy (non-hydrogen) atoms. The van der Waals surface area contributed by atoms with E-state index in [-0.39, 0.29) is 6.04 Å². The van der Waals surface area contributed by atoms with Gasteiger partial charge in [-0.25, -0.2) is 0 Å². The molecule has 2 fully saturated rings. The standard InChI is InChI=1S/C11H18N2/c12-8-11(13-10-6-7-10)9-4-2-1-3-5-9/h9-11,13H,1-7H2. The average Bonchev–Trinajstić information content (AvgIpc) is 2.99. The third-order valence-corrected chi connectivity index (χ3v) is 3.25. The second kappa shape index (κ2) is 4.11. The van der Waals surface area contributed by atoms with Crippen molar-refractivity contribution in [3.05, 3.63) is 0 Å². The zero-order chi connectivity index (χ0) is 9.10. The van der Waals surface area contributed by atoms with E-state index < -0.39 is 0 Å². The van der Waals surface area contributed by atoms with Gasteiger partial charge in [0.15, 0.2) is 0 Å². The van der Waals surface area contributed by atoms with Gasteiger partial charge in [-0.15, -0.1) is 0 Å². The lowest BCUT2D eigenvalue weighted by Gasteiger charge is -2.26. The van der Waals surface area contributed by atoms with E-state index in [0.717, 1.165) is 0 Å². The normalized spacial score (nSPS) is 26.7. The van der Waals surface area contributed by atoms with Crippen molar-refractivity contribution in [3.8, 4) is 6.07 Å². The minimum atomic E-state index is 0.146. The molecule has 0 spiro atoms. The summed E-state index contributed by atoms with van der Waals surface area (Å²) in [5.74, 6) is 0.638. The topological polar surface area (TPSA) is 35.8 Å². The fourth-order valence-corrected chi connectivity index (χ4v) is 2.25. The summed E-state index contributed by atoms with van der Waals surface area (Å²) in [5.41, 5.74) is 0. The zero-order valence-electron chi connectivity index (χ0n) is 8.13. The Morgan fingerprint density at radius 1 is 1.08 bits per heavy atom. The van der Waals surface area contributed by atoms with Gasteiger partial charge in [0.2, 0.25) is 0 Å². The summed E-state index contributed by atoms with van der Waals surface area (Å²) in [7, 11) is 0. The van der Waals surface area contributed by atoms with E-state index in [4.69, 9.17) is 5.26 Å². The van der Waals surface area contributed by atoms with Gasteiger partial charge in [0.25, 0.3) is 0 Å². The molecule has 2 aliphatic carbocycles. The second-order valence-corrected chi connectivity index (χ2v) is 4.45. The van der Waals surface area contributed by atoms with Gasteiger partial charge in [0.05, 0.1) is 12.1 Å². The first-order valence-corrected chi connectivity index (χ1v) is 5.56. The van der Waals surface area contributed by atoms with Gasteiger partial charge >= 0.3 is 0 Å². The SMILES string of the molecule is N#CC(NC1CC1)C1CCCCC1. The van der Waals surface area contributed by atoms with Gasteiger partial charge in [-0.05, 0) is 31.6 Å². The molecule has 0 aliphatic heterocycles. The summed E-state index contributed by atoms with van der Waals surface area (Å²) in [5, 5.41) is 12.5. The van der Waals surface area contributed by atoms with Crippen LogP contribution in [0.2, 0.25) is 0 Å².